The molecule has 0 radical (unpaired) electrons. The third kappa shape index (κ3) is 4.99. The summed E-state index contributed by atoms with van der Waals surface area (Å²) in [5.41, 5.74) is 2.41. The predicted octanol–water partition coefficient (Wildman–Crippen LogP) is 3.14. The summed E-state index contributed by atoms with van der Waals surface area (Å²) >= 11 is 0. The van der Waals surface area contributed by atoms with Crippen LogP contribution in [0.5, 0.6) is 5.75 Å². The molecule has 88 valence electrons. The first kappa shape index (κ1) is 12.8. The molecule has 1 aromatic rings. The van der Waals surface area contributed by atoms with Crippen LogP contribution >= 0.6 is 0 Å². The van der Waals surface area contributed by atoms with Crippen molar-refractivity contribution in [2.75, 3.05) is 6.54 Å². The minimum Gasteiger partial charge on any atom is -0.491 e. The fraction of sp³-hybridized carbons (Fsp3) is 0.429. The van der Waals surface area contributed by atoms with Gasteiger partial charge in [-0.05, 0) is 38.5 Å². The van der Waals surface area contributed by atoms with E-state index in [0.29, 0.717) is 0 Å². The summed E-state index contributed by atoms with van der Waals surface area (Å²) in [6.07, 6.45) is 0.229. The Morgan fingerprint density at radius 2 is 1.94 bits per heavy atom. The van der Waals surface area contributed by atoms with Gasteiger partial charge in [-0.25, -0.2) is 0 Å². The monoisotopic (exact) mass is 219 g/mol. The second-order valence-electron chi connectivity index (χ2n) is 4.37. The topological polar surface area (TPSA) is 21.3 Å². The van der Waals surface area contributed by atoms with Crippen LogP contribution in [0.15, 0.2) is 36.4 Å². The molecule has 0 saturated heterocycles. The zero-order valence-electron chi connectivity index (χ0n) is 10.4. The number of rotatable bonds is 6. The molecule has 0 aliphatic carbocycles. The first-order chi connectivity index (χ1) is 7.58. The molecule has 16 heavy (non-hydrogen) atoms. The summed E-state index contributed by atoms with van der Waals surface area (Å²) in [7, 11) is 0. The lowest BCUT2D eigenvalue weighted by Crippen LogP contribution is -2.15. The Labute approximate surface area is 98.3 Å². The molecule has 0 saturated carbocycles. The van der Waals surface area contributed by atoms with Gasteiger partial charge in [0, 0.05) is 13.1 Å². The molecule has 2 heteroatoms. The van der Waals surface area contributed by atoms with Crippen LogP contribution < -0.4 is 10.1 Å². The van der Waals surface area contributed by atoms with Crippen molar-refractivity contribution in [1.82, 2.24) is 5.32 Å². The summed E-state index contributed by atoms with van der Waals surface area (Å²) in [4.78, 5) is 0. The van der Waals surface area contributed by atoms with Gasteiger partial charge in [0.05, 0.1) is 6.10 Å². The second kappa shape index (κ2) is 6.33. The van der Waals surface area contributed by atoms with Crippen LogP contribution in [0.4, 0.5) is 0 Å². The van der Waals surface area contributed by atoms with Gasteiger partial charge in [0.15, 0.2) is 0 Å². The van der Waals surface area contributed by atoms with Gasteiger partial charge >= 0.3 is 0 Å². The minimum atomic E-state index is 0.229. The Morgan fingerprint density at radius 1 is 1.31 bits per heavy atom. The quantitative estimate of drug-likeness (QED) is 0.742. The van der Waals surface area contributed by atoms with E-state index >= 15 is 0 Å². The van der Waals surface area contributed by atoms with Crippen LogP contribution in [-0.2, 0) is 6.54 Å². The average Bonchev–Trinajstić information content (AvgIpc) is 2.19. The highest BCUT2D eigenvalue weighted by Gasteiger charge is 1.97. The van der Waals surface area contributed by atoms with Gasteiger partial charge in [-0.1, -0.05) is 24.3 Å². The summed E-state index contributed by atoms with van der Waals surface area (Å²) in [5.74, 6) is 0.929. The van der Waals surface area contributed by atoms with Gasteiger partial charge in [-0.15, -0.1) is 0 Å². The molecular weight excluding hydrogens is 198 g/mol. The maximum Gasteiger partial charge on any atom is 0.119 e. The highest BCUT2D eigenvalue weighted by molar-refractivity contribution is 5.27. The molecule has 1 N–H and O–H groups in total. The van der Waals surface area contributed by atoms with Crippen LogP contribution in [0.1, 0.15) is 26.3 Å². The molecule has 1 rings (SSSR count). The van der Waals surface area contributed by atoms with Crippen LogP contribution in [-0.4, -0.2) is 12.6 Å². The highest BCUT2D eigenvalue weighted by atomic mass is 16.5. The molecule has 0 aromatic heterocycles. The van der Waals surface area contributed by atoms with Crippen LogP contribution in [0.2, 0.25) is 0 Å². The molecule has 0 aliphatic heterocycles. The molecule has 2 nitrogen and oxygen atoms in total. The maximum absolute atomic E-state index is 5.58. The lowest BCUT2D eigenvalue weighted by atomic mass is 10.2. The van der Waals surface area contributed by atoms with Crippen molar-refractivity contribution < 1.29 is 4.74 Å². The van der Waals surface area contributed by atoms with Crippen molar-refractivity contribution in [3.63, 3.8) is 0 Å². The normalized spacial score (nSPS) is 10.5. The van der Waals surface area contributed by atoms with Gasteiger partial charge < -0.3 is 10.1 Å². The molecule has 0 bridgehead atoms. The highest BCUT2D eigenvalue weighted by Crippen LogP contribution is 2.13. The standard InChI is InChI=1S/C14H21NO/c1-11(2)9-15-10-13-5-7-14(8-6-13)16-12(3)4/h5-8,12,15H,1,9-10H2,2-4H3. The fourth-order valence-electron chi connectivity index (χ4n) is 1.38. The van der Waals surface area contributed by atoms with E-state index in [-0.39, 0.29) is 6.10 Å². The van der Waals surface area contributed by atoms with E-state index in [0.717, 1.165) is 24.4 Å². The van der Waals surface area contributed by atoms with E-state index in [2.05, 4.69) is 24.0 Å². The van der Waals surface area contributed by atoms with Crippen molar-refractivity contribution in [3.05, 3.63) is 42.0 Å². The van der Waals surface area contributed by atoms with Crippen molar-refractivity contribution >= 4 is 0 Å². The first-order valence-corrected chi connectivity index (χ1v) is 5.68. The molecule has 1 aromatic carbocycles. The maximum atomic E-state index is 5.58. The van der Waals surface area contributed by atoms with Crippen LogP contribution in [0.3, 0.4) is 0 Å². The van der Waals surface area contributed by atoms with Crippen molar-refractivity contribution in [3.8, 4) is 5.75 Å². The summed E-state index contributed by atoms with van der Waals surface area (Å²) in [6.45, 7) is 11.7. The number of hydrogen-bond acceptors (Lipinski definition) is 2. The Bertz CT molecular complexity index is 327. The molecule has 0 unspecified atom stereocenters. The third-order valence-corrected chi connectivity index (χ3v) is 2.05. The summed E-state index contributed by atoms with van der Waals surface area (Å²) < 4.78 is 5.58. The van der Waals surface area contributed by atoms with Gasteiger partial charge in [0.2, 0.25) is 0 Å². The molecule has 0 aliphatic rings. The van der Waals surface area contributed by atoms with Gasteiger partial charge in [0.1, 0.15) is 5.75 Å². The van der Waals surface area contributed by atoms with Crippen molar-refractivity contribution in [2.45, 2.75) is 33.4 Å². The molecular formula is C14H21NO. The zero-order valence-corrected chi connectivity index (χ0v) is 10.4. The van der Waals surface area contributed by atoms with Crippen molar-refractivity contribution in [1.29, 1.82) is 0 Å². The SMILES string of the molecule is C=C(C)CNCc1ccc(OC(C)C)cc1. The Morgan fingerprint density at radius 3 is 2.44 bits per heavy atom. The van der Waals surface area contributed by atoms with E-state index < -0.39 is 0 Å². The molecule has 0 atom stereocenters. The lowest BCUT2D eigenvalue weighted by molar-refractivity contribution is 0.242. The van der Waals surface area contributed by atoms with Gasteiger partial charge in [-0.2, -0.15) is 0 Å². The van der Waals surface area contributed by atoms with Crippen molar-refractivity contribution in [2.24, 2.45) is 0 Å². The molecule has 0 spiro atoms. The Hall–Kier alpha value is -1.28. The first-order valence-electron chi connectivity index (χ1n) is 5.68. The van der Waals surface area contributed by atoms with E-state index in [1.807, 2.05) is 32.9 Å². The smallest absolute Gasteiger partial charge is 0.119 e. The van der Waals surface area contributed by atoms with Gasteiger partial charge in [-0.3, -0.25) is 0 Å². The lowest BCUT2D eigenvalue weighted by Gasteiger charge is -2.10. The molecule has 0 amide bonds. The number of benzene rings is 1. The summed E-state index contributed by atoms with van der Waals surface area (Å²) in [5, 5.41) is 3.32. The zero-order chi connectivity index (χ0) is 12.0. The van der Waals surface area contributed by atoms with Crippen LogP contribution in [0.25, 0.3) is 0 Å². The van der Waals surface area contributed by atoms with Gasteiger partial charge in [0.25, 0.3) is 0 Å². The number of hydrogen-bond donors (Lipinski definition) is 1. The van der Waals surface area contributed by atoms with E-state index in [1.165, 1.54) is 5.56 Å². The van der Waals surface area contributed by atoms with E-state index in [9.17, 15) is 0 Å². The fourth-order valence-corrected chi connectivity index (χ4v) is 1.38. The third-order valence-electron chi connectivity index (χ3n) is 2.05. The average molecular weight is 219 g/mol. The number of nitrogens with one attached hydrogen (secondary N) is 1. The molecule has 0 heterocycles. The Kier molecular flexibility index (Phi) is 5.06. The second-order valence-corrected chi connectivity index (χ2v) is 4.37. The predicted molar refractivity (Wildman–Crippen MR) is 68.7 cm³/mol. The van der Waals surface area contributed by atoms with Crippen LogP contribution in [0, 0.1) is 0 Å². The largest absolute Gasteiger partial charge is 0.491 e. The van der Waals surface area contributed by atoms with E-state index in [1.54, 1.807) is 0 Å². The summed E-state index contributed by atoms with van der Waals surface area (Å²) in [6, 6.07) is 8.20. The minimum absolute atomic E-state index is 0.229. The number of ether oxygens (including phenoxy) is 1. The molecule has 0 fully saturated rings. The van der Waals surface area contributed by atoms with E-state index in [4.69, 9.17) is 4.74 Å². The Balaban J connectivity index is 2.42.